The third kappa shape index (κ3) is 4.05. The van der Waals surface area contributed by atoms with E-state index in [1.54, 1.807) is 0 Å². The van der Waals surface area contributed by atoms with E-state index in [0.29, 0.717) is 12.0 Å². The summed E-state index contributed by atoms with van der Waals surface area (Å²) < 4.78 is 0. The zero-order valence-corrected chi connectivity index (χ0v) is 10.2. The molecule has 0 saturated carbocycles. The van der Waals surface area contributed by atoms with Gasteiger partial charge in [0.2, 0.25) is 0 Å². The van der Waals surface area contributed by atoms with Crippen molar-refractivity contribution in [2.45, 2.75) is 46.1 Å². The minimum atomic E-state index is 0.329. The van der Waals surface area contributed by atoms with Crippen LogP contribution in [0.5, 0.6) is 0 Å². The SMILES string of the molecule is CCc1cccc(CCC(N)C(C)C)c1. The summed E-state index contributed by atoms with van der Waals surface area (Å²) in [6.07, 6.45) is 3.31. The van der Waals surface area contributed by atoms with Gasteiger partial charge in [-0.05, 0) is 36.3 Å². The van der Waals surface area contributed by atoms with Gasteiger partial charge in [0.1, 0.15) is 0 Å². The van der Waals surface area contributed by atoms with Gasteiger partial charge >= 0.3 is 0 Å². The van der Waals surface area contributed by atoms with Crippen molar-refractivity contribution in [1.29, 1.82) is 0 Å². The summed E-state index contributed by atoms with van der Waals surface area (Å²) in [6.45, 7) is 6.57. The highest BCUT2D eigenvalue weighted by atomic mass is 14.6. The van der Waals surface area contributed by atoms with Gasteiger partial charge in [-0.15, -0.1) is 0 Å². The lowest BCUT2D eigenvalue weighted by Crippen LogP contribution is -2.26. The third-order valence-corrected chi connectivity index (χ3v) is 3.02. The molecule has 0 radical (unpaired) electrons. The number of hydrogen-bond donors (Lipinski definition) is 1. The van der Waals surface area contributed by atoms with E-state index in [4.69, 9.17) is 5.73 Å². The predicted octanol–water partition coefficient (Wildman–Crippen LogP) is 3.16. The van der Waals surface area contributed by atoms with Gasteiger partial charge in [-0.1, -0.05) is 45.0 Å². The molecule has 0 fully saturated rings. The molecule has 0 saturated heterocycles. The van der Waals surface area contributed by atoms with Crippen LogP contribution in [0.4, 0.5) is 0 Å². The third-order valence-electron chi connectivity index (χ3n) is 3.02. The smallest absolute Gasteiger partial charge is 0.00650 e. The van der Waals surface area contributed by atoms with Crippen molar-refractivity contribution >= 4 is 0 Å². The van der Waals surface area contributed by atoms with Crippen LogP contribution >= 0.6 is 0 Å². The van der Waals surface area contributed by atoms with Crippen LogP contribution in [0, 0.1) is 5.92 Å². The molecule has 15 heavy (non-hydrogen) atoms. The second-order valence-corrected chi connectivity index (χ2v) is 4.62. The Kier molecular flexibility index (Phi) is 4.83. The summed E-state index contributed by atoms with van der Waals surface area (Å²) in [5, 5.41) is 0. The van der Waals surface area contributed by atoms with Gasteiger partial charge in [-0.3, -0.25) is 0 Å². The Balaban J connectivity index is 2.50. The first-order valence-electron chi connectivity index (χ1n) is 5.97. The van der Waals surface area contributed by atoms with Crippen LogP contribution in [0.25, 0.3) is 0 Å². The molecule has 2 N–H and O–H groups in total. The molecule has 0 bridgehead atoms. The lowest BCUT2D eigenvalue weighted by Gasteiger charge is -2.15. The molecule has 1 heteroatoms. The fourth-order valence-corrected chi connectivity index (χ4v) is 1.67. The summed E-state index contributed by atoms with van der Waals surface area (Å²) in [6, 6.07) is 9.16. The Labute approximate surface area is 93.7 Å². The highest BCUT2D eigenvalue weighted by Gasteiger charge is 2.07. The fourth-order valence-electron chi connectivity index (χ4n) is 1.67. The van der Waals surface area contributed by atoms with Crippen LogP contribution in [0.15, 0.2) is 24.3 Å². The molecule has 1 unspecified atom stereocenters. The molecule has 1 aromatic carbocycles. The second-order valence-electron chi connectivity index (χ2n) is 4.62. The van der Waals surface area contributed by atoms with Crippen molar-refractivity contribution in [2.24, 2.45) is 11.7 Å². The lowest BCUT2D eigenvalue weighted by atomic mass is 9.97. The first-order valence-corrected chi connectivity index (χ1v) is 5.97. The van der Waals surface area contributed by atoms with Gasteiger partial charge in [-0.2, -0.15) is 0 Å². The maximum atomic E-state index is 6.03. The van der Waals surface area contributed by atoms with E-state index in [0.717, 1.165) is 19.3 Å². The molecular formula is C14H23N. The Morgan fingerprint density at radius 1 is 1.20 bits per heavy atom. The molecule has 0 spiro atoms. The van der Waals surface area contributed by atoms with Crippen LogP contribution < -0.4 is 5.73 Å². The van der Waals surface area contributed by atoms with Crippen LogP contribution in [0.2, 0.25) is 0 Å². The predicted molar refractivity (Wildman–Crippen MR) is 67.0 cm³/mol. The zero-order chi connectivity index (χ0) is 11.3. The van der Waals surface area contributed by atoms with Crippen molar-refractivity contribution in [1.82, 2.24) is 0 Å². The summed E-state index contributed by atoms with van der Waals surface area (Å²) >= 11 is 0. The molecule has 0 aliphatic rings. The Morgan fingerprint density at radius 3 is 2.47 bits per heavy atom. The van der Waals surface area contributed by atoms with E-state index < -0.39 is 0 Å². The van der Waals surface area contributed by atoms with Gasteiger partial charge < -0.3 is 5.73 Å². The molecule has 1 nitrogen and oxygen atoms in total. The van der Waals surface area contributed by atoms with Crippen LogP contribution in [-0.2, 0) is 12.8 Å². The highest BCUT2D eigenvalue weighted by molar-refractivity contribution is 5.23. The van der Waals surface area contributed by atoms with Crippen molar-refractivity contribution in [2.75, 3.05) is 0 Å². The maximum Gasteiger partial charge on any atom is 0.00650 e. The van der Waals surface area contributed by atoms with Crippen LogP contribution in [0.1, 0.15) is 38.3 Å². The summed E-state index contributed by atoms with van der Waals surface area (Å²) in [5.74, 6) is 0.583. The normalized spacial score (nSPS) is 13.1. The van der Waals surface area contributed by atoms with E-state index in [-0.39, 0.29) is 0 Å². The van der Waals surface area contributed by atoms with E-state index in [2.05, 4.69) is 45.0 Å². The van der Waals surface area contributed by atoms with Gasteiger partial charge in [-0.25, -0.2) is 0 Å². The van der Waals surface area contributed by atoms with E-state index in [1.165, 1.54) is 11.1 Å². The summed E-state index contributed by atoms with van der Waals surface area (Å²) in [7, 11) is 0. The Hall–Kier alpha value is -0.820. The Bertz CT molecular complexity index is 291. The molecule has 0 aliphatic carbocycles. The molecule has 0 heterocycles. The minimum Gasteiger partial charge on any atom is -0.327 e. The average Bonchev–Trinajstić information content (AvgIpc) is 2.26. The molecule has 0 aliphatic heterocycles. The highest BCUT2D eigenvalue weighted by Crippen LogP contribution is 2.11. The number of rotatable bonds is 5. The van der Waals surface area contributed by atoms with Crippen molar-refractivity contribution in [3.05, 3.63) is 35.4 Å². The topological polar surface area (TPSA) is 26.0 Å². The van der Waals surface area contributed by atoms with E-state index in [1.807, 2.05) is 0 Å². The largest absolute Gasteiger partial charge is 0.327 e. The van der Waals surface area contributed by atoms with Crippen molar-refractivity contribution < 1.29 is 0 Å². The number of benzene rings is 1. The zero-order valence-electron chi connectivity index (χ0n) is 10.2. The van der Waals surface area contributed by atoms with Gasteiger partial charge in [0.15, 0.2) is 0 Å². The van der Waals surface area contributed by atoms with E-state index in [9.17, 15) is 0 Å². The monoisotopic (exact) mass is 205 g/mol. The Morgan fingerprint density at radius 2 is 1.87 bits per heavy atom. The van der Waals surface area contributed by atoms with Crippen molar-refractivity contribution in [3.8, 4) is 0 Å². The molecule has 1 atom stereocenters. The maximum absolute atomic E-state index is 6.03. The quantitative estimate of drug-likeness (QED) is 0.785. The molecule has 1 aromatic rings. The number of nitrogens with two attached hydrogens (primary N) is 1. The summed E-state index contributed by atoms with van der Waals surface area (Å²) in [5.41, 5.74) is 8.88. The fraction of sp³-hybridized carbons (Fsp3) is 0.571. The lowest BCUT2D eigenvalue weighted by molar-refractivity contribution is 0.464. The van der Waals surface area contributed by atoms with Crippen LogP contribution in [0.3, 0.4) is 0 Å². The minimum absolute atomic E-state index is 0.329. The first-order chi connectivity index (χ1) is 7.13. The van der Waals surface area contributed by atoms with Crippen molar-refractivity contribution in [3.63, 3.8) is 0 Å². The second kappa shape index (κ2) is 5.92. The first kappa shape index (κ1) is 12.3. The van der Waals surface area contributed by atoms with Gasteiger partial charge in [0.25, 0.3) is 0 Å². The number of hydrogen-bond acceptors (Lipinski definition) is 1. The van der Waals surface area contributed by atoms with Gasteiger partial charge in [0, 0.05) is 6.04 Å². The molecule has 1 rings (SSSR count). The van der Waals surface area contributed by atoms with E-state index >= 15 is 0 Å². The number of aryl methyl sites for hydroxylation is 2. The van der Waals surface area contributed by atoms with Crippen LogP contribution in [-0.4, -0.2) is 6.04 Å². The molecular weight excluding hydrogens is 182 g/mol. The average molecular weight is 205 g/mol. The summed E-state index contributed by atoms with van der Waals surface area (Å²) in [4.78, 5) is 0. The molecule has 84 valence electrons. The molecule has 0 amide bonds. The van der Waals surface area contributed by atoms with Gasteiger partial charge in [0.05, 0.1) is 0 Å². The molecule has 0 aromatic heterocycles. The standard InChI is InChI=1S/C14H23N/c1-4-12-6-5-7-13(10-12)8-9-14(15)11(2)3/h5-7,10-11,14H,4,8-9,15H2,1-3H3.